The molecule has 0 radical (unpaired) electrons. The number of alkyl carbamates (subject to hydrolysis) is 1. The van der Waals surface area contributed by atoms with Gasteiger partial charge in [0, 0.05) is 7.11 Å². The maximum atomic E-state index is 11.8. The molecule has 0 aliphatic rings. The predicted molar refractivity (Wildman–Crippen MR) is 79.5 cm³/mol. The number of carbonyl (C=O) groups is 2. The third-order valence-corrected chi connectivity index (χ3v) is 3.04. The minimum atomic E-state index is -1.81. The lowest BCUT2D eigenvalue weighted by atomic mass is 10.1. The third-order valence-electron chi connectivity index (χ3n) is 3.04. The van der Waals surface area contributed by atoms with Gasteiger partial charge < -0.3 is 29.7 Å². The van der Waals surface area contributed by atoms with Crippen molar-refractivity contribution in [1.82, 2.24) is 5.32 Å². The molecule has 1 rings (SSSR count). The Labute approximate surface area is 134 Å². The van der Waals surface area contributed by atoms with E-state index >= 15 is 0 Å². The molecule has 0 saturated carbocycles. The number of hydrogen-bond acceptors (Lipinski definition) is 7. The Kier molecular flexibility index (Phi) is 8.03. The summed E-state index contributed by atoms with van der Waals surface area (Å²) in [5.74, 6) is -1.02. The summed E-state index contributed by atoms with van der Waals surface area (Å²) in [6.07, 6.45) is -4.23. The van der Waals surface area contributed by atoms with Crippen molar-refractivity contribution >= 4 is 12.1 Å². The van der Waals surface area contributed by atoms with Crippen molar-refractivity contribution in [3.05, 3.63) is 35.9 Å². The van der Waals surface area contributed by atoms with Gasteiger partial charge in [0.1, 0.15) is 12.7 Å². The third kappa shape index (κ3) is 6.23. The number of ether oxygens (including phenoxy) is 3. The molecule has 8 heteroatoms. The van der Waals surface area contributed by atoms with Crippen LogP contribution in [-0.4, -0.2) is 61.4 Å². The van der Waals surface area contributed by atoms with Gasteiger partial charge in [-0.1, -0.05) is 30.3 Å². The minimum absolute atomic E-state index is 0.0437. The second-order valence-corrected chi connectivity index (χ2v) is 4.73. The molecular formula is C15H21NO7. The van der Waals surface area contributed by atoms with Crippen molar-refractivity contribution in [2.75, 3.05) is 20.8 Å². The molecule has 0 aromatic heterocycles. The Morgan fingerprint density at radius 2 is 1.83 bits per heavy atom. The van der Waals surface area contributed by atoms with Crippen LogP contribution < -0.4 is 5.32 Å². The van der Waals surface area contributed by atoms with Crippen molar-refractivity contribution < 1.29 is 34.0 Å². The molecule has 0 heterocycles. The normalized spacial score (nSPS) is 14.4. The fourth-order valence-electron chi connectivity index (χ4n) is 1.80. The second kappa shape index (κ2) is 9.78. The largest absolute Gasteiger partial charge is 0.467 e. The highest BCUT2D eigenvalue weighted by atomic mass is 16.6. The number of amides is 1. The smallest absolute Gasteiger partial charge is 0.407 e. The maximum Gasteiger partial charge on any atom is 0.407 e. The van der Waals surface area contributed by atoms with Crippen molar-refractivity contribution in [3.63, 3.8) is 0 Å². The standard InChI is InChI=1S/C15H21NO7/c1-21-9-11(12(17)13(18)14(19)22-2)16-15(20)23-8-10-6-4-3-5-7-10/h3-7,11-13,17-18H,8-9H2,1-2H3,(H,16,20)/t11-,12-,13-/m0/s1. The van der Waals surface area contributed by atoms with Gasteiger partial charge in [0.25, 0.3) is 0 Å². The monoisotopic (exact) mass is 327 g/mol. The van der Waals surface area contributed by atoms with Gasteiger partial charge in [-0.3, -0.25) is 0 Å². The average molecular weight is 327 g/mol. The first-order chi connectivity index (χ1) is 11.0. The lowest BCUT2D eigenvalue weighted by Crippen LogP contribution is -2.53. The van der Waals surface area contributed by atoms with E-state index in [1.165, 1.54) is 7.11 Å². The average Bonchev–Trinajstić information content (AvgIpc) is 2.58. The van der Waals surface area contributed by atoms with E-state index in [1.54, 1.807) is 24.3 Å². The molecule has 1 aromatic carbocycles. The Balaban J connectivity index is 2.56. The molecule has 0 aliphatic carbocycles. The molecule has 1 aromatic rings. The molecule has 3 N–H and O–H groups in total. The van der Waals surface area contributed by atoms with Crippen LogP contribution in [-0.2, 0) is 25.6 Å². The van der Waals surface area contributed by atoms with E-state index in [-0.39, 0.29) is 13.2 Å². The highest BCUT2D eigenvalue weighted by molar-refractivity contribution is 5.75. The lowest BCUT2D eigenvalue weighted by Gasteiger charge is -2.25. The molecule has 0 spiro atoms. The van der Waals surface area contributed by atoms with Gasteiger partial charge in [-0.15, -0.1) is 0 Å². The van der Waals surface area contributed by atoms with E-state index in [4.69, 9.17) is 9.47 Å². The first kappa shape index (κ1) is 18.9. The number of nitrogens with one attached hydrogen (secondary N) is 1. The lowest BCUT2D eigenvalue weighted by molar-refractivity contribution is -0.158. The zero-order chi connectivity index (χ0) is 17.2. The number of methoxy groups -OCH3 is 2. The fourth-order valence-corrected chi connectivity index (χ4v) is 1.80. The van der Waals surface area contributed by atoms with E-state index in [1.807, 2.05) is 6.07 Å². The highest BCUT2D eigenvalue weighted by Crippen LogP contribution is 2.05. The van der Waals surface area contributed by atoms with E-state index < -0.39 is 30.3 Å². The summed E-state index contributed by atoms with van der Waals surface area (Å²) in [7, 11) is 2.42. The van der Waals surface area contributed by atoms with Gasteiger partial charge >= 0.3 is 12.1 Å². The Hall–Kier alpha value is -2.16. The molecule has 0 saturated heterocycles. The Bertz CT molecular complexity index is 494. The van der Waals surface area contributed by atoms with Crippen LogP contribution in [0.1, 0.15) is 5.56 Å². The molecule has 1 amide bonds. The van der Waals surface area contributed by atoms with E-state index in [9.17, 15) is 19.8 Å². The van der Waals surface area contributed by atoms with Crippen molar-refractivity contribution in [1.29, 1.82) is 0 Å². The Morgan fingerprint density at radius 3 is 2.39 bits per heavy atom. The number of rotatable bonds is 8. The number of aliphatic hydroxyl groups excluding tert-OH is 2. The van der Waals surface area contributed by atoms with Crippen LogP contribution >= 0.6 is 0 Å². The van der Waals surface area contributed by atoms with Gasteiger partial charge in [0.15, 0.2) is 6.10 Å². The molecular weight excluding hydrogens is 306 g/mol. The van der Waals surface area contributed by atoms with Gasteiger partial charge in [0.05, 0.1) is 19.8 Å². The van der Waals surface area contributed by atoms with Crippen LogP contribution in [0.4, 0.5) is 4.79 Å². The molecule has 23 heavy (non-hydrogen) atoms. The van der Waals surface area contributed by atoms with Crippen LogP contribution in [0.2, 0.25) is 0 Å². The van der Waals surface area contributed by atoms with Crippen molar-refractivity contribution in [2.24, 2.45) is 0 Å². The summed E-state index contributed by atoms with van der Waals surface area (Å²) >= 11 is 0. The second-order valence-electron chi connectivity index (χ2n) is 4.73. The summed E-state index contributed by atoms with van der Waals surface area (Å²) in [6.45, 7) is -0.0856. The van der Waals surface area contributed by atoms with Crippen LogP contribution in [0, 0.1) is 0 Å². The highest BCUT2D eigenvalue weighted by Gasteiger charge is 2.33. The van der Waals surface area contributed by atoms with E-state index in [0.29, 0.717) is 0 Å². The molecule has 3 atom stereocenters. The molecule has 0 fully saturated rings. The molecule has 0 unspecified atom stereocenters. The minimum Gasteiger partial charge on any atom is -0.467 e. The summed E-state index contributed by atoms with van der Waals surface area (Å²) in [5, 5.41) is 21.9. The summed E-state index contributed by atoms with van der Waals surface area (Å²) in [4.78, 5) is 23.0. The first-order valence-electron chi connectivity index (χ1n) is 6.89. The zero-order valence-corrected chi connectivity index (χ0v) is 13.0. The van der Waals surface area contributed by atoms with Crippen molar-refractivity contribution in [3.8, 4) is 0 Å². The van der Waals surface area contributed by atoms with Gasteiger partial charge in [-0.05, 0) is 5.56 Å². The summed E-state index contributed by atoms with van der Waals surface area (Å²) < 4.78 is 14.2. The molecule has 0 bridgehead atoms. The number of carbonyl (C=O) groups excluding carboxylic acids is 2. The maximum absolute atomic E-state index is 11.8. The van der Waals surface area contributed by atoms with Crippen LogP contribution in [0.5, 0.6) is 0 Å². The van der Waals surface area contributed by atoms with Gasteiger partial charge in [-0.25, -0.2) is 9.59 Å². The number of aliphatic hydroxyl groups is 2. The van der Waals surface area contributed by atoms with Crippen LogP contribution in [0.25, 0.3) is 0 Å². The quantitative estimate of drug-likeness (QED) is 0.568. The van der Waals surface area contributed by atoms with Crippen LogP contribution in [0.15, 0.2) is 30.3 Å². The Morgan fingerprint density at radius 1 is 1.17 bits per heavy atom. The van der Waals surface area contributed by atoms with Crippen LogP contribution in [0.3, 0.4) is 0 Å². The number of benzene rings is 1. The number of hydrogen-bond donors (Lipinski definition) is 3. The van der Waals surface area contributed by atoms with E-state index in [2.05, 4.69) is 10.1 Å². The SMILES string of the molecule is COC[C@H](NC(=O)OCc1ccccc1)[C@H](O)[C@H](O)C(=O)OC. The molecule has 128 valence electrons. The summed E-state index contributed by atoms with van der Waals surface area (Å²) in [5.41, 5.74) is 0.793. The topological polar surface area (TPSA) is 114 Å². The molecule has 0 aliphatic heterocycles. The number of esters is 1. The summed E-state index contributed by atoms with van der Waals surface area (Å²) in [6, 6.07) is 7.98. The van der Waals surface area contributed by atoms with E-state index in [0.717, 1.165) is 12.7 Å². The first-order valence-corrected chi connectivity index (χ1v) is 6.89. The van der Waals surface area contributed by atoms with Crippen molar-refractivity contribution in [2.45, 2.75) is 24.9 Å². The zero-order valence-electron chi connectivity index (χ0n) is 13.0. The molecule has 8 nitrogen and oxygen atoms in total. The van der Waals surface area contributed by atoms with Gasteiger partial charge in [0.2, 0.25) is 0 Å². The van der Waals surface area contributed by atoms with Gasteiger partial charge in [-0.2, -0.15) is 0 Å². The fraction of sp³-hybridized carbons (Fsp3) is 0.467. The predicted octanol–water partition coefficient (Wildman–Crippen LogP) is -0.177.